The van der Waals surface area contributed by atoms with Gasteiger partial charge in [-0.1, -0.05) is 6.92 Å². The first kappa shape index (κ1) is 9.16. The van der Waals surface area contributed by atoms with E-state index in [1.807, 2.05) is 0 Å². The quantitative estimate of drug-likeness (QED) is 0.732. The largest absolute Gasteiger partial charge is 0.310 e. The molecule has 0 unspecified atom stereocenters. The van der Waals surface area contributed by atoms with Crippen LogP contribution >= 0.6 is 11.3 Å². The lowest BCUT2D eigenvalue weighted by molar-refractivity contribution is 0.671. The maximum absolute atomic E-state index is 4.60. The third-order valence-corrected chi connectivity index (χ3v) is 3.14. The van der Waals surface area contributed by atoms with Crippen molar-refractivity contribution in [3.63, 3.8) is 0 Å². The van der Waals surface area contributed by atoms with Crippen LogP contribution in [0.15, 0.2) is 5.38 Å². The topological polar surface area (TPSA) is 24.9 Å². The van der Waals surface area contributed by atoms with Gasteiger partial charge in [0.15, 0.2) is 0 Å². The number of rotatable bonds is 5. The fourth-order valence-electron chi connectivity index (χ4n) is 1.34. The van der Waals surface area contributed by atoms with Crippen molar-refractivity contribution in [2.45, 2.75) is 38.6 Å². The van der Waals surface area contributed by atoms with Crippen LogP contribution < -0.4 is 5.32 Å². The Labute approximate surface area is 83.4 Å². The van der Waals surface area contributed by atoms with Gasteiger partial charge in [-0.15, -0.1) is 11.3 Å². The molecule has 3 heteroatoms. The summed E-state index contributed by atoms with van der Waals surface area (Å²) >= 11 is 1.79. The molecule has 0 spiro atoms. The number of nitrogens with zero attached hydrogens (tertiary/aromatic N) is 1. The standard InChI is InChI=1S/C10H16N2S/c1-2-5-11-6-10-12-9(7-13-10)8-3-4-8/h7-8,11H,2-6H2,1H3. The average Bonchev–Trinajstić information content (AvgIpc) is 2.88. The van der Waals surface area contributed by atoms with E-state index in [1.54, 1.807) is 11.3 Å². The second-order valence-corrected chi connectivity index (χ2v) is 4.56. The Morgan fingerprint density at radius 3 is 3.15 bits per heavy atom. The summed E-state index contributed by atoms with van der Waals surface area (Å²) in [5, 5.41) is 6.84. The minimum Gasteiger partial charge on any atom is -0.310 e. The van der Waals surface area contributed by atoms with E-state index in [-0.39, 0.29) is 0 Å². The highest BCUT2D eigenvalue weighted by Crippen LogP contribution is 2.40. The Morgan fingerprint density at radius 2 is 2.46 bits per heavy atom. The second-order valence-electron chi connectivity index (χ2n) is 3.62. The lowest BCUT2D eigenvalue weighted by Gasteiger charge is -1.97. The molecule has 1 fully saturated rings. The molecule has 1 aliphatic carbocycles. The number of hydrogen-bond donors (Lipinski definition) is 1. The van der Waals surface area contributed by atoms with E-state index in [2.05, 4.69) is 22.6 Å². The molecule has 1 aliphatic rings. The molecule has 72 valence electrons. The minimum absolute atomic E-state index is 0.802. The molecule has 0 amide bonds. The van der Waals surface area contributed by atoms with Gasteiger partial charge in [-0.2, -0.15) is 0 Å². The van der Waals surface area contributed by atoms with Gasteiger partial charge in [0.2, 0.25) is 0 Å². The average molecular weight is 196 g/mol. The molecular formula is C10H16N2S. The lowest BCUT2D eigenvalue weighted by Crippen LogP contribution is -2.13. The van der Waals surface area contributed by atoms with Crippen LogP contribution in [0.3, 0.4) is 0 Å². The van der Waals surface area contributed by atoms with Gasteiger partial charge >= 0.3 is 0 Å². The van der Waals surface area contributed by atoms with Crippen LogP contribution in [0.4, 0.5) is 0 Å². The zero-order chi connectivity index (χ0) is 9.10. The molecule has 0 radical (unpaired) electrons. The third kappa shape index (κ3) is 2.51. The number of nitrogens with one attached hydrogen (secondary N) is 1. The summed E-state index contributed by atoms with van der Waals surface area (Å²) in [6, 6.07) is 0. The fraction of sp³-hybridized carbons (Fsp3) is 0.700. The summed E-state index contributed by atoms with van der Waals surface area (Å²) < 4.78 is 0. The van der Waals surface area contributed by atoms with Gasteiger partial charge in [-0.05, 0) is 25.8 Å². The molecule has 1 aromatic heterocycles. The molecule has 1 N–H and O–H groups in total. The fourth-order valence-corrected chi connectivity index (χ4v) is 2.19. The first-order chi connectivity index (χ1) is 6.40. The number of thiazole rings is 1. The van der Waals surface area contributed by atoms with E-state index in [9.17, 15) is 0 Å². The predicted octanol–water partition coefficient (Wildman–Crippen LogP) is 2.52. The SMILES string of the molecule is CCCNCc1nc(C2CC2)cs1. The highest BCUT2D eigenvalue weighted by Gasteiger charge is 2.25. The molecule has 13 heavy (non-hydrogen) atoms. The van der Waals surface area contributed by atoms with Crippen molar-refractivity contribution >= 4 is 11.3 Å². The predicted molar refractivity (Wildman–Crippen MR) is 56.1 cm³/mol. The Balaban J connectivity index is 1.82. The zero-order valence-electron chi connectivity index (χ0n) is 8.05. The van der Waals surface area contributed by atoms with E-state index < -0.39 is 0 Å². The zero-order valence-corrected chi connectivity index (χ0v) is 8.86. The molecule has 1 heterocycles. The lowest BCUT2D eigenvalue weighted by atomic mass is 10.3. The Morgan fingerprint density at radius 1 is 1.62 bits per heavy atom. The summed E-state index contributed by atoms with van der Waals surface area (Å²) in [5.74, 6) is 0.802. The van der Waals surface area contributed by atoms with Crippen LogP contribution in [-0.4, -0.2) is 11.5 Å². The molecule has 0 saturated heterocycles. The summed E-state index contributed by atoms with van der Waals surface area (Å²) in [4.78, 5) is 4.60. The van der Waals surface area contributed by atoms with Crippen LogP contribution in [0.25, 0.3) is 0 Å². The smallest absolute Gasteiger partial charge is 0.107 e. The number of hydrogen-bond acceptors (Lipinski definition) is 3. The maximum Gasteiger partial charge on any atom is 0.107 e. The minimum atomic E-state index is 0.802. The molecule has 0 aliphatic heterocycles. The molecule has 0 atom stereocenters. The van der Waals surface area contributed by atoms with Crippen LogP contribution in [-0.2, 0) is 6.54 Å². The summed E-state index contributed by atoms with van der Waals surface area (Å²) in [6.45, 7) is 4.23. The molecule has 0 bridgehead atoms. The summed E-state index contributed by atoms with van der Waals surface area (Å²) in [5.41, 5.74) is 1.33. The monoisotopic (exact) mass is 196 g/mol. The van der Waals surface area contributed by atoms with Crippen LogP contribution in [0.2, 0.25) is 0 Å². The van der Waals surface area contributed by atoms with Crippen molar-refractivity contribution < 1.29 is 0 Å². The molecule has 1 saturated carbocycles. The third-order valence-electron chi connectivity index (χ3n) is 2.27. The van der Waals surface area contributed by atoms with Gasteiger partial charge in [0.05, 0.1) is 5.69 Å². The van der Waals surface area contributed by atoms with E-state index in [4.69, 9.17) is 0 Å². The first-order valence-electron chi connectivity index (χ1n) is 5.05. The molecule has 2 nitrogen and oxygen atoms in total. The van der Waals surface area contributed by atoms with Gasteiger partial charge in [0.1, 0.15) is 5.01 Å². The van der Waals surface area contributed by atoms with Gasteiger partial charge < -0.3 is 5.32 Å². The van der Waals surface area contributed by atoms with Crippen molar-refractivity contribution in [1.82, 2.24) is 10.3 Å². The molecule has 2 rings (SSSR count). The second kappa shape index (κ2) is 4.20. The van der Waals surface area contributed by atoms with E-state index in [1.165, 1.54) is 30.0 Å². The molecule has 1 aromatic rings. The highest BCUT2D eigenvalue weighted by atomic mass is 32.1. The van der Waals surface area contributed by atoms with Gasteiger partial charge in [0, 0.05) is 17.8 Å². The highest BCUT2D eigenvalue weighted by molar-refractivity contribution is 7.09. The van der Waals surface area contributed by atoms with Crippen molar-refractivity contribution in [1.29, 1.82) is 0 Å². The Kier molecular flexibility index (Phi) is 2.96. The van der Waals surface area contributed by atoms with Crippen molar-refractivity contribution in [2.24, 2.45) is 0 Å². The Hall–Kier alpha value is -0.410. The van der Waals surface area contributed by atoms with Crippen molar-refractivity contribution in [2.75, 3.05) is 6.54 Å². The van der Waals surface area contributed by atoms with Gasteiger partial charge in [0.25, 0.3) is 0 Å². The first-order valence-corrected chi connectivity index (χ1v) is 5.93. The molecule has 0 aromatic carbocycles. The van der Waals surface area contributed by atoms with E-state index >= 15 is 0 Å². The van der Waals surface area contributed by atoms with Gasteiger partial charge in [-0.25, -0.2) is 4.98 Å². The van der Waals surface area contributed by atoms with E-state index in [0.29, 0.717) is 0 Å². The molecular weight excluding hydrogens is 180 g/mol. The Bertz CT molecular complexity index is 266. The van der Waals surface area contributed by atoms with E-state index in [0.717, 1.165) is 19.0 Å². The number of aromatic nitrogens is 1. The van der Waals surface area contributed by atoms with Crippen LogP contribution in [0.5, 0.6) is 0 Å². The van der Waals surface area contributed by atoms with Crippen molar-refractivity contribution in [3.8, 4) is 0 Å². The van der Waals surface area contributed by atoms with Gasteiger partial charge in [-0.3, -0.25) is 0 Å². The summed E-state index contributed by atoms with van der Waals surface area (Å²) in [7, 11) is 0. The van der Waals surface area contributed by atoms with Crippen LogP contribution in [0, 0.1) is 0 Å². The normalized spacial score (nSPS) is 16.4. The van der Waals surface area contributed by atoms with Crippen LogP contribution in [0.1, 0.15) is 42.8 Å². The maximum atomic E-state index is 4.60. The van der Waals surface area contributed by atoms with Crippen molar-refractivity contribution in [3.05, 3.63) is 16.1 Å². The summed E-state index contributed by atoms with van der Waals surface area (Å²) in [6.07, 6.45) is 3.90.